The van der Waals surface area contributed by atoms with Gasteiger partial charge in [-0.2, -0.15) is 4.98 Å². The van der Waals surface area contributed by atoms with E-state index in [9.17, 15) is 9.18 Å². The van der Waals surface area contributed by atoms with E-state index in [4.69, 9.17) is 19.4 Å². The van der Waals surface area contributed by atoms with E-state index >= 15 is 0 Å². The zero-order chi connectivity index (χ0) is 22.8. The van der Waals surface area contributed by atoms with Crippen molar-refractivity contribution in [2.24, 2.45) is 0 Å². The first-order valence-electron chi connectivity index (χ1n) is 11.0. The number of rotatable bonds is 5. The van der Waals surface area contributed by atoms with Gasteiger partial charge in [-0.1, -0.05) is 6.07 Å². The van der Waals surface area contributed by atoms with Gasteiger partial charge in [-0.3, -0.25) is 4.79 Å². The Morgan fingerprint density at radius 2 is 2.06 bits per heavy atom. The summed E-state index contributed by atoms with van der Waals surface area (Å²) in [6, 6.07) is 8.56. The smallest absolute Gasteiger partial charge is 0.229 e. The zero-order valence-electron chi connectivity index (χ0n) is 18.4. The minimum absolute atomic E-state index is 0.0731. The summed E-state index contributed by atoms with van der Waals surface area (Å²) in [4.78, 5) is 27.5. The number of anilines is 1. The number of morpholine rings is 1. The Morgan fingerprint density at radius 1 is 1.21 bits per heavy atom. The Labute approximate surface area is 195 Å². The SMILES string of the molecule is Cc1cc(Oc2nc(N3CCOCC3)nc3c2CN(C(=O)Cc2cccs2)CC3)ccc1F. The molecule has 33 heavy (non-hydrogen) atoms. The van der Waals surface area contributed by atoms with E-state index in [2.05, 4.69) is 4.90 Å². The van der Waals surface area contributed by atoms with Crippen molar-refractivity contribution < 1.29 is 18.7 Å². The van der Waals surface area contributed by atoms with E-state index in [1.54, 1.807) is 30.4 Å². The van der Waals surface area contributed by atoms with E-state index in [1.165, 1.54) is 6.07 Å². The fraction of sp³-hybridized carbons (Fsp3) is 0.375. The quantitative estimate of drug-likeness (QED) is 0.568. The number of nitrogens with zero attached hydrogens (tertiary/aromatic N) is 4. The predicted octanol–water partition coefficient (Wildman–Crippen LogP) is 3.74. The van der Waals surface area contributed by atoms with Crippen LogP contribution < -0.4 is 9.64 Å². The number of carbonyl (C=O) groups is 1. The number of carbonyl (C=O) groups excluding carboxylic acids is 1. The van der Waals surface area contributed by atoms with E-state index in [1.807, 2.05) is 22.4 Å². The molecule has 2 aliphatic heterocycles. The standard InChI is InChI=1S/C24H25FN4O3S/c1-16-13-17(4-5-20(16)25)32-23-19-15-29(22(30)14-18-3-2-12-33-18)7-6-21(19)26-24(27-23)28-8-10-31-11-9-28/h2-5,12-13H,6-11,14-15H2,1H3. The van der Waals surface area contributed by atoms with Crippen molar-refractivity contribution in [1.82, 2.24) is 14.9 Å². The molecule has 4 heterocycles. The van der Waals surface area contributed by atoms with Crippen LogP contribution in [0.5, 0.6) is 11.6 Å². The van der Waals surface area contributed by atoms with E-state index in [0.29, 0.717) is 75.4 Å². The summed E-state index contributed by atoms with van der Waals surface area (Å²) >= 11 is 1.58. The highest BCUT2D eigenvalue weighted by atomic mass is 32.1. The maximum absolute atomic E-state index is 13.8. The lowest BCUT2D eigenvalue weighted by Crippen LogP contribution is -2.40. The highest BCUT2D eigenvalue weighted by Gasteiger charge is 2.28. The lowest BCUT2D eigenvalue weighted by Gasteiger charge is -2.32. The van der Waals surface area contributed by atoms with Crippen LogP contribution in [-0.2, 0) is 28.9 Å². The summed E-state index contributed by atoms with van der Waals surface area (Å²) in [5.74, 6) is 1.31. The molecule has 7 nitrogen and oxygen atoms in total. The molecule has 2 aromatic heterocycles. The van der Waals surface area contributed by atoms with Crippen molar-refractivity contribution >= 4 is 23.2 Å². The molecular weight excluding hydrogens is 443 g/mol. The van der Waals surface area contributed by atoms with Crippen molar-refractivity contribution in [3.8, 4) is 11.6 Å². The summed E-state index contributed by atoms with van der Waals surface area (Å²) in [6.07, 6.45) is 1.01. The largest absolute Gasteiger partial charge is 0.438 e. The second kappa shape index (κ2) is 9.44. The van der Waals surface area contributed by atoms with Gasteiger partial charge in [-0.05, 0) is 42.1 Å². The Bertz CT molecular complexity index is 1150. The van der Waals surface area contributed by atoms with Crippen LogP contribution in [0.3, 0.4) is 0 Å². The number of hydrogen-bond donors (Lipinski definition) is 0. The second-order valence-electron chi connectivity index (χ2n) is 8.19. The van der Waals surface area contributed by atoms with E-state index < -0.39 is 0 Å². The highest BCUT2D eigenvalue weighted by Crippen LogP contribution is 2.32. The number of ether oxygens (including phenoxy) is 2. The number of benzene rings is 1. The van der Waals surface area contributed by atoms with Gasteiger partial charge in [0.15, 0.2) is 0 Å². The van der Waals surface area contributed by atoms with Gasteiger partial charge in [0, 0.05) is 30.9 Å². The van der Waals surface area contributed by atoms with Crippen LogP contribution in [0.15, 0.2) is 35.7 Å². The van der Waals surface area contributed by atoms with Crippen molar-refractivity contribution in [3.05, 3.63) is 63.2 Å². The van der Waals surface area contributed by atoms with E-state index in [0.717, 1.165) is 16.1 Å². The van der Waals surface area contributed by atoms with Gasteiger partial charge in [0.25, 0.3) is 0 Å². The molecule has 0 unspecified atom stereocenters. The van der Waals surface area contributed by atoms with Crippen molar-refractivity contribution in [3.63, 3.8) is 0 Å². The van der Waals surface area contributed by atoms with Crippen molar-refractivity contribution in [1.29, 1.82) is 0 Å². The fourth-order valence-corrected chi connectivity index (χ4v) is 4.74. The third-order valence-electron chi connectivity index (χ3n) is 5.91. The second-order valence-corrected chi connectivity index (χ2v) is 9.22. The van der Waals surface area contributed by atoms with Gasteiger partial charge in [0.05, 0.1) is 37.4 Å². The molecule has 0 N–H and O–H groups in total. The first-order chi connectivity index (χ1) is 16.1. The third-order valence-corrected chi connectivity index (χ3v) is 6.78. The van der Waals surface area contributed by atoms with Crippen LogP contribution in [-0.4, -0.2) is 53.6 Å². The predicted molar refractivity (Wildman–Crippen MR) is 123 cm³/mol. The molecule has 0 radical (unpaired) electrons. The Hall–Kier alpha value is -3.04. The molecule has 0 aliphatic carbocycles. The van der Waals surface area contributed by atoms with Crippen LogP contribution in [0.25, 0.3) is 0 Å². The zero-order valence-corrected chi connectivity index (χ0v) is 19.2. The topological polar surface area (TPSA) is 67.8 Å². The minimum atomic E-state index is -0.286. The Balaban J connectivity index is 1.45. The molecule has 1 fully saturated rings. The lowest BCUT2D eigenvalue weighted by atomic mass is 10.1. The number of amides is 1. The number of aryl methyl sites for hydroxylation is 1. The molecule has 0 bridgehead atoms. The molecule has 0 atom stereocenters. The summed E-state index contributed by atoms with van der Waals surface area (Å²) in [6.45, 7) is 5.35. The number of halogens is 1. The summed E-state index contributed by atoms with van der Waals surface area (Å²) in [7, 11) is 0. The number of aromatic nitrogens is 2. The normalized spacial score (nSPS) is 15.9. The molecule has 0 saturated carbocycles. The lowest BCUT2D eigenvalue weighted by molar-refractivity contribution is -0.131. The minimum Gasteiger partial charge on any atom is -0.438 e. The van der Waals surface area contributed by atoms with Crippen LogP contribution in [0.4, 0.5) is 10.3 Å². The van der Waals surface area contributed by atoms with Gasteiger partial charge in [-0.15, -0.1) is 11.3 Å². The molecule has 3 aromatic rings. The molecule has 172 valence electrons. The van der Waals surface area contributed by atoms with Crippen molar-refractivity contribution in [2.75, 3.05) is 37.7 Å². The molecule has 1 amide bonds. The maximum Gasteiger partial charge on any atom is 0.229 e. The Morgan fingerprint density at radius 3 is 2.82 bits per heavy atom. The first kappa shape index (κ1) is 21.8. The van der Waals surface area contributed by atoms with Crippen LogP contribution in [0.1, 0.15) is 21.7 Å². The molecule has 5 rings (SSSR count). The first-order valence-corrected chi connectivity index (χ1v) is 11.9. The Kier molecular flexibility index (Phi) is 6.24. The molecule has 1 aromatic carbocycles. The third kappa shape index (κ3) is 4.84. The summed E-state index contributed by atoms with van der Waals surface area (Å²) in [5.41, 5.74) is 2.19. The molecular formula is C24H25FN4O3S. The number of hydrogen-bond acceptors (Lipinski definition) is 7. The monoisotopic (exact) mass is 468 g/mol. The van der Waals surface area contributed by atoms with Crippen LogP contribution >= 0.6 is 11.3 Å². The summed E-state index contributed by atoms with van der Waals surface area (Å²) in [5, 5.41) is 1.98. The van der Waals surface area contributed by atoms with Crippen LogP contribution in [0.2, 0.25) is 0 Å². The maximum atomic E-state index is 13.8. The summed E-state index contributed by atoms with van der Waals surface area (Å²) < 4.78 is 25.4. The van der Waals surface area contributed by atoms with Gasteiger partial charge in [-0.25, -0.2) is 9.37 Å². The van der Waals surface area contributed by atoms with Gasteiger partial charge in [0.2, 0.25) is 17.7 Å². The van der Waals surface area contributed by atoms with Crippen LogP contribution in [0, 0.1) is 12.7 Å². The molecule has 0 spiro atoms. The van der Waals surface area contributed by atoms with Crippen molar-refractivity contribution in [2.45, 2.75) is 26.3 Å². The van der Waals surface area contributed by atoms with Gasteiger partial charge >= 0.3 is 0 Å². The van der Waals surface area contributed by atoms with Gasteiger partial charge in [0.1, 0.15) is 11.6 Å². The molecule has 9 heteroatoms. The molecule has 1 saturated heterocycles. The fourth-order valence-electron chi connectivity index (χ4n) is 4.04. The molecule has 2 aliphatic rings. The number of fused-ring (bicyclic) bond motifs is 1. The average Bonchev–Trinajstić information content (AvgIpc) is 3.34. The highest BCUT2D eigenvalue weighted by molar-refractivity contribution is 7.10. The van der Waals surface area contributed by atoms with E-state index in [-0.39, 0.29) is 11.7 Å². The average molecular weight is 469 g/mol. The number of thiophene rings is 1. The van der Waals surface area contributed by atoms with Gasteiger partial charge < -0.3 is 19.3 Å².